The van der Waals surface area contributed by atoms with Crippen molar-refractivity contribution >= 4 is 33.0 Å². The lowest BCUT2D eigenvalue weighted by atomic mass is 9.88. The molecular formula is C15H13BrO2S. The van der Waals surface area contributed by atoms with E-state index < -0.39 is 0 Å². The molecule has 98 valence electrons. The van der Waals surface area contributed by atoms with E-state index in [1.54, 1.807) is 11.3 Å². The predicted molar refractivity (Wildman–Crippen MR) is 80.0 cm³/mol. The maximum Gasteiger partial charge on any atom is 0.145 e. The van der Waals surface area contributed by atoms with Crippen LogP contribution in [-0.2, 0) is 11.2 Å². The molecule has 2 nitrogen and oxygen atoms in total. The van der Waals surface area contributed by atoms with Crippen molar-refractivity contribution in [3.05, 3.63) is 50.6 Å². The summed E-state index contributed by atoms with van der Waals surface area (Å²) >= 11 is 5.11. The number of thiophene rings is 1. The van der Waals surface area contributed by atoms with E-state index in [1.807, 2.05) is 35.7 Å². The smallest absolute Gasteiger partial charge is 0.145 e. The van der Waals surface area contributed by atoms with Gasteiger partial charge in [0, 0.05) is 27.3 Å². The summed E-state index contributed by atoms with van der Waals surface area (Å²) < 4.78 is 6.64. The lowest BCUT2D eigenvalue weighted by molar-refractivity contribution is -0.120. The third-order valence-electron chi connectivity index (χ3n) is 3.37. The van der Waals surface area contributed by atoms with Gasteiger partial charge < -0.3 is 4.74 Å². The first-order valence-electron chi connectivity index (χ1n) is 6.22. The summed E-state index contributed by atoms with van der Waals surface area (Å²) in [6.45, 7) is 0.624. The van der Waals surface area contributed by atoms with Crippen molar-refractivity contribution < 1.29 is 9.53 Å². The molecule has 1 aromatic heterocycles. The van der Waals surface area contributed by atoms with Crippen LogP contribution in [-0.4, -0.2) is 12.4 Å². The number of ether oxygens (including phenoxy) is 1. The first kappa shape index (κ1) is 12.9. The summed E-state index contributed by atoms with van der Waals surface area (Å²) in [5, 5.41) is 2.00. The lowest BCUT2D eigenvalue weighted by Crippen LogP contribution is -2.22. The van der Waals surface area contributed by atoms with Crippen LogP contribution in [0.2, 0.25) is 0 Å². The minimum absolute atomic E-state index is 0.0288. The van der Waals surface area contributed by atoms with E-state index in [2.05, 4.69) is 15.9 Å². The van der Waals surface area contributed by atoms with Gasteiger partial charge in [0.1, 0.15) is 11.5 Å². The van der Waals surface area contributed by atoms with E-state index in [0.29, 0.717) is 13.0 Å². The second kappa shape index (κ2) is 5.47. The molecule has 0 fully saturated rings. The summed E-state index contributed by atoms with van der Waals surface area (Å²) in [5.74, 6) is 1.11. The molecule has 0 saturated carbocycles. The zero-order chi connectivity index (χ0) is 13.2. The molecule has 19 heavy (non-hydrogen) atoms. The van der Waals surface area contributed by atoms with Crippen molar-refractivity contribution in [2.45, 2.75) is 18.8 Å². The minimum Gasteiger partial charge on any atom is -0.493 e. The Kier molecular flexibility index (Phi) is 3.71. The first-order chi connectivity index (χ1) is 9.25. The number of rotatable bonds is 3. The van der Waals surface area contributed by atoms with E-state index >= 15 is 0 Å². The van der Waals surface area contributed by atoms with Crippen LogP contribution in [0, 0.1) is 0 Å². The van der Waals surface area contributed by atoms with Crippen molar-refractivity contribution in [1.29, 1.82) is 0 Å². The number of hydrogen-bond donors (Lipinski definition) is 0. The van der Waals surface area contributed by atoms with Gasteiger partial charge in [-0.2, -0.15) is 0 Å². The van der Waals surface area contributed by atoms with Gasteiger partial charge in [-0.3, -0.25) is 4.79 Å². The fourth-order valence-corrected chi connectivity index (χ4v) is 3.91. The molecular weight excluding hydrogens is 324 g/mol. The Labute approximate surface area is 124 Å². The van der Waals surface area contributed by atoms with Crippen molar-refractivity contribution in [2.24, 2.45) is 0 Å². The van der Waals surface area contributed by atoms with Crippen LogP contribution in [0.4, 0.5) is 0 Å². The molecule has 4 heteroatoms. The van der Waals surface area contributed by atoms with E-state index in [0.717, 1.165) is 27.1 Å². The van der Waals surface area contributed by atoms with Crippen LogP contribution in [0.25, 0.3) is 0 Å². The molecule has 0 bridgehead atoms. The topological polar surface area (TPSA) is 26.3 Å². The number of carbonyl (C=O) groups is 1. The van der Waals surface area contributed by atoms with Crippen LogP contribution in [0.3, 0.4) is 0 Å². The van der Waals surface area contributed by atoms with Crippen molar-refractivity contribution in [3.8, 4) is 5.75 Å². The Balaban J connectivity index is 1.84. The van der Waals surface area contributed by atoms with Crippen LogP contribution in [0.1, 0.15) is 22.8 Å². The number of Topliss-reactive ketones (excluding diaryl/α,β-unsaturated/α-hetero) is 1. The highest BCUT2D eigenvalue weighted by Crippen LogP contribution is 2.35. The maximum absolute atomic E-state index is 12.5. The molecule has 0 aliphatic carbocycles. The van der Waals surface area contributed by atoms with Crippen LogP contribution >= 0.6 is 27.3 Å². The zero-order valence-electron chi connectivity index (χ0n) is 10.3. The standard InChI is InChI=1S/C15H13BrO2S/c16-12-6-8-19-15(12)9-13(17)10-5-7-18-14-4-2-1-3-11(10)14/h1-4,6,8,10H,5,7,9H2. The largest absolute Gasteiger partial charge is 0.493 e. The van der Waals surface area contributed by atoms with Gasteiger partial charge in [-0.15, -0.1) is 11.3 Å². The van der Waals surface area contributed by atoms with E-state index in [-0.39, 0.29) is 11.7 Å². The Morgan fingerprint density at radius 1 is 1.37 bits per heavy atom. The fraction of sp³-hybridized carbons (Fsp3) is 0.267. The van der Waals surface area contributed by atoms with Crippen molar-refractivity contribution in [3.63, 3.8) is 0 Å². The average Bonchev–Trinajstić information content (AvgIpc) is 2.83. The second-order valence-corrected chi connectivity index (χ2v) is 6.42. The summed E-state index contributed by atoms with van der Waals surface area (Å²) in [5.41, 5.74) is 1.03. The van der Waals surface area contributed by atoms with Gasteiger partial charge in [-0.25, -0.2) is 0 Å². The van der Waals surface area contributed by atoms with Gasteiger partial charge in [0.05, 0.1) is 6.61 Å². The molecule has 0 spiro atoms. The van der Waals surface area contributed by atoms with Crippen LogP contribution in [0.15, 0.2) is 40.2 Å². The predicted octanol–water partition coefficient (Wildman–Crippen LogP) is 4.19. The molecule has 2 aromatic rings. The fourth-order valence-electron chi connectivity index (χ4n) is 2.41. The van der Waals surface area contributed by atoms with E-state index in [4.69, 9.17) is 4.74 Å². The van der Waals surface area contributed by atoms with Gasteiger partial charge in [-0.1, -0.05) is 18.2 Å². The number of ketones is 1. The number of hydrogen-bond acceptors (Lipinski definition) is 3. The quantitative estimate of drug-likeness (QED) is 0.840. The second-order valence-electron chi connectivity index (χ2n) is 4.56. The van der Waals surface area contributed by atoms with E-state index in [1.165, 1.54) is 0 Å². The molecule has 0 saturated heterocycles. The van der Waals surface area contributed by atoms with Crippen LogP contribution in [0.5, 0.6) is 5.75 Å². The molecule has 1 aliphatic rings. The molecule has 0 N–H and O–H groups in total. The highest BCUT2D eigenvalue weighted by Gasteiger charge is 2.27. The van der Waals surface area contributed by atoms with Crippen molar-refractivity contribution in [1.82, 2.24) is 0 Å². The third-order valence-corrected chi connectivity index (χ3v) is 5.30. The molecule has 0 radical (unpaired) electrons. The van der Waals surface area contributed by atoms with Crippen molar-refractivity contribution in [2.75, 3.05) is 6.61 Å². The summed E-state index contributed by atoms with van der Waals surface area (Å²) in [6, 6.07) is 9.85. The Hall–Kier alpha value is -1.13. The number of fused-ring (bicyclic) bond motifs is 1. The molecule has 1 aliphatic heterocycles. The molecule has 1 aromatic carbocycles. The average molecular weight is 337 g/mol. The summed E-state index contributed by atoms with van der Waals surface area (Å²) in [7, 11) is 0. The number of benzene rings is 1. The number of halogens is 1. The number of para-hydroxylation sites is 1. The van der Waals surface area contributed by atoms with Gasteiger partial charge in [0.25, 0.3) is 0 Å². The van der Waals surface area contributed by atoms with Gasteiger partial charge in [-0.05, 0) is 39.9 Å². The van der Waals surface area contributed by atoms with Gasteiger partial charge >= 0.3 is 0 Å². The molecule has 1 atom stereocenters. The molecule has 0 amide bonds. The molecule has 3 rings (SSSR count). The third kappa shape index (κ3) is 2.60. The van der Waals surface area contributed by atoms with Crippen LogP contribution < -0.4 is 4.74 Å². The highest BCUT2D eigenvalue weighted by molar-refractivity contribution is 9.10. The first-order valence-corrected chi connectivity index (χ1v) is 7.89. The summed E-state index contributed by atoms with van der Waals surface area (Å²) in [4.78, 5) is 13.6. The lowest BCUT2D eigenvalue weighted by Gasteiger charge is -2.24. The Morgan fingerprint density at radius 3 is 3.00 bits per heavy atom. The maximum atomic E-state index is 12.5. The molecule has 2 heterocycles. The highest BCUT2D eigenvalue weighted by atomic mass is 79.9. The molecule has 1 unspecified atom stereocenters. The zero-order valence-corrected chi connectivity index (χ0v) is 12.7. The SMILES string of the molecule is O=C(Cc1sccc1Br)C1CCOc2ccccc21. The number of carbonyl (C=O) groups excluding carboxylic acids is 1. The van der Waals surface area contributed by atoms with Gasteiger partial charge in [0.15, 0.2) is 0 Å². The normalized spacial score (nSPS) is 17.6. The Morgan fingerprint density at radius 2 is 2.21 bits per heavy atom. The monoisotopic (exact) mass is 336 g/mol. The summed E-state index contributed by atoms with van der Waals surface area (Å²) in [6.07, 6.45) is 1.27. The Bertz CT molecular complexity index is 606. The minimum atomic E-state index is -0.0288. The van der Waals surface area contributed by atoms with E-state index in [9.17, 15) is 4.79 Å². The van der Waals surface area contributed by atoms with Gasteiger partial charge in [0.2, 0.25) is 0 Å².